The Morgan fingerprint density at radius 3 is 2.71 bits per heavy atom. The summed E-state index contributed by atoms with van der Waals surface area (Å²) in [6.45, 7) is 1.45. The van der Waals surface area contributed by atoms with Crippen molar-refractivity contribution >= 4 is 11.3 Å². The number of nitrogens with one attached hydrogen (secondary N) is 1. The highest BCUT2D eigenvalue weighted by molar-refractivity contribution is 7.07. The normalized spacial score (nSPS) is 15.2. The summed E-state index contributed by atoms with van der Waals surface area (Å²) in [5.74, 6) is -1.94. The van der Waals surface area contributed by atoms with Gasteiger partial charge in [0.2, 0.25) is 0 Å². The Morgan fingerprint density at radius 2 is 2.24 bits per heavy atom. The van der Waals surface area contributed by atoms with E-state index >= 15 is 0 Å². The SMILES string of the molecule is CC(Cc1ccsc1)NCC(C#N)C(F)(F)F. The molecule has 2 unspecified atom stereocenters. The van der Waals surface area contributed by atoms with Crippen LogP contribution < -0.4 is 5.32 Å². The summed E-state index contributed by atoms with van der Waals surface area (Å²) in [7, 11) is 0. The molecule has 0 bridgehead atoms. The number of hydrogen-bond acceptors (Lipinski definition) is 3. The summed E-state index contributed by atoms with van der Waals surface area (Å²) < 4.78 is 36.9. The molecule has 1 heterocycles. The molecule has 94 valence electrons. The molecule has 0 aliphatic rings. The van der Waals surface area contributed by atoms with Crippen LogP contribution >= 0.6 is 11.3 Å². The molecule has 2 nitrogen and oxygen atoms in total. The second-order valence-electron chi connectivity index (χ2n) is 3.87. The summed E-state index contributed by atoms with van der Waals surface area (Å²) in [4.78, 5) is 0. The quantitative estimate of drug-likeness (QED) is 0.885. The summed E-state index contributed by atoms with van der Waals surface area (Å²) in [5.41, 5.74) is 1.09. The van der Waals surface area contributed by atoms with E-state index in [1.165, 1.54) is 6.07 Å². The maximum absolute atomic E-state index is 12.3. The smallest absolute Gasteiger partial charge is 0.312 e. The fourth-order valence-electron chi connectivity index (χ4n) is 1.39. The molecule has 0 amide bonds. The number of alkyl halides is 3. The molecule has 2 atom stereocenters. The zero-order valence-corrected chi connectivity index (χ0v) is 10.1. The zero-order valence-electron chi connectivity index (χ0n) is 9.29. The molecule has 0 saturated heterocycles. The van der Waals surface area contributed by atoms with Gasteiger partial charge in [-0.3, -0.25) is 0 Å². The van der Waals surface area contributed by atoms with Crippen LogP contribution in [0.1, 0.15) is 12.5 Å². The molecule has 0 radical (unpaired) electrons. The number of nitriles is 1. The second kappa shape index (κ2) is 6.03. The third kappa shape index (κ3) is 4.75. The largest absolute Gasteiger partial charge is 0.405 e. The molecule has 17 heavy (non-hydrogen) atoms. The number of halogens is 3. The van der Waals surface area contributed by atoms with Gasteiger partial charge in [0.25, 0.3) is 0 Å². The van der Waals surface area contributed by atoms with Crippen molar-refractivity contribution in [1.82, 2.24) is 5.32 Å². The standard InChI is InChI=1S/C11H13F3N2S/c1-8(4-9-2-3-17-7-9)16-6-10(5-15)11(12,13)14/h2-3,7-8,10,16H,4,6H2,1H3. The lowest BCUT2D eigenvalue weighted by molar-refractivity contribution is -0.157. The van der Waals surface area contributed by atoms with Gasteiger partial charge < -0.3 is 5.32 Å². The highest BCUT2D eigenvalue weighted by atomic mass is 32.1. The molecule has 1 rings (SSSR count). The minimum absolute atomic E-state index is 0.0807. The van der Waals surface area contributed by atoms with Crippen LogP contribution in [-0.4, -0.2) is 18.8 Å². The van der Waals surface area contributed by atoms with E-state index in [4.69, 9.17) is 5.26 Å². The van der Waals surface area contributed by atoms with Crippen LogP contribution in [0.25, 0.3) is 0 Å². The fourth-order valence-corrected chi connectivity index (χ4v) is 2.07. The first-order valence-electron chi connectivity index (χ1n) is 5.14. The lowest BCUT2D eigenvalue weighted by atomic mass is 10.1. The van der Waals surface area contributed by atoms with Crippen LogP contribution in [0.4, 0.5) is 13.2 Å². The molecule has 6 heteroatoms. The molecule has 0 aromatic carbocycles. The van der Waals surface area contributed by atoms with Crippen LogP contribution in [0, 0.1) is 17.2 Å². The van der Waals surface area contributed by atoms with Crippen molar-refractivity contribution in [2.75, 3.05) is 6.54 Å². The van der Waals surface area contributed by atoms with E-state index in [-0.39, 0.29) is 12.6 Å². The van der Waals surface area contributed by atoms with Crippen molar-refractivity contribution < 1.29 is 13.2 Å². The predicted octanol–water partition coefficient (Wildman–Crippen LogP) is 2.97. The molecule has 0 aliphatic carbocycles. The number of nitrogens with zero attached hydrogens (tertiary/aromatic N) is 1. The topological polar surface area (TPSA) is 35.8 Å². The van der Waals surface area contributed by atoms with Gasteiger partial charge in [0.1, 0.15) is 0 Å². The highest BCUT2D eigenvalue weighted by Gasteiger charge is 2.39. The average molecular weight is 262 g/mol. The van der Waals surface area contributed by atoms with Crippen LogP contribution in [0.15, 0.2) is 16.8 Å². The average Bonchev–Trinajstić information content (AvgIpc) is 2.69. The number of thiophene rings is 1. The molecule has 1 aromatic heterocycles. The molecule has 0 aliphatic heterocycles. The lowest BCUT2D eigenvalue weighted by Gasteiger charge is -2.17. The van der Waals surface area contributed by atoms with Crippen molar-refractivity contribution in [1.29, 1.82) is 5.26 Å². The van der Waals surface area contributed by atoms with Gasteiger partial charge in [-0.15, -0.1) is 0 Å². The third-order valence-electron chi connectivity index (χ3n) is 2.34. The minimum atomic E-state index is -4.45. The molecular formula is C11H13F3N2S. The van der Waals surface area contributed by atoms with E-state index in [0.717, 1.165) is 5.56 Å². The van der Waals surface area contributed by atoms with Crippen LogP contribution in [0.5, 0.6) is 0 Å². The maximum Gasteiger partial charge on any atom is 0.405 e. The predicted molar refractivity (Wildman–Crippen MR) is 60.6 cm³/mol. The Kier molecular flexibility index (Phi) is 4.97. The van der Waals surface area contributed by atoms with Crippen molar-refractivity contribution in [3.8, 4) is 6.07 Å². The number of hydrogen-bond donors (Lipinski definition) is 1. The van der Waals surface area contributed by atoms with Gasteiger partial charge in [-0.05, 0) is 35.7 Å². The third-order valence-corrected chi connectivity index (χ3v) is 3.08. The minimum Gasteiger partial charge on any atom is -0.312 e. The van der Waals surface area contributed by atoms with Gasteiger partial charge in [0.05, 0.1) is 6.07 Å². The van der Waals surface area contributed by atoms with Crippen LogP contribution in [0.3, 0.4) is 0 Å². The number of rotatable bonds is 5. The first kappa shape index (κ1) is 14.0. The molecule has 1 N–H and O–H groups in total. The van der Waals surface area contributed by atoms with Gasteiger partial charge in [-0.2, -0.15) is 29.8 Å². The van der Waals surface area contributed by atoms with E-state index in [0.29, 0.717) is 6.42 Å². The van der Waals surface area contributed by atoms with E-state index in [9.17, 15) is 13.2 Å². The van der Waals surface area contributed by atoms with Gasteiger partial charge in [0.15, 0.2) is 5.92 Å². The fraction of sp³-hybridized carbons (Fsp3) is 0.545. The van der Waals surface area contributed by atoms with E-state index in [1.807, 2.05) is 23.8 Å². The summed E-state index contributed by atoms with van der Waals surface area (Å²) in [6, 6.07) is 3.13. The molecule has 0 saturated carbocycles. The first-order valence-corrected chi connectivity index (χ1v) is 6.08. The first-order chi connectivity index (χ1) is 7.93. The highest BCUT2D eigenvalue weighted by Crippen LogP contribution is 2.25. The Labute approximate surface area is 102 Å². The summed E-state index contributed by atoms with van der Waals surface area (Å²) >= 11 is 1.55. The summed E-state index contributed by atoms with van der Waals surface area (Å²) in [6.07, 6.45) is -3.79. The van der Waals surface area contributed by atoms with Gasteiger partial charge in [0, 0.05) is 12.6 Å². The van der Waals surface area contributed by atoms with E-state index in [1.54, 1.807) is 11.3 Å². The lowest BCUT2D eigenvalue weighted by Crippen LogP contribution is -2.37. The Morgan fingerprint density at radius 1 is 1.53 bits per heavy atom. The van der Waals surface area contributed by atoms with Gasteiger partial charge in [-0.25, -0.2) is 0 Å². The zero-order chi connectivity index (χ0) is 12.9. The van der Waals surface area contributed by atoms with Crippen molar-refractivity contribution in [3.63, 3.8) is 0 Å². The van der Waals surface area contributed by atoms with Crippen molar-refractivity contribution in [2.24, 2.45) is 5.92 Å². The van der Waals surface area contributed by atoms with E-state index in [2.05, 4.69) is 5.32 Å². The monoisotopic (exact) mass is 262 g/mol. The molecule has 0 spiro atoms. The molecule has 0 fully saturated rings. The van der Waals surface area contributed by atoms with Crippen molar-refractivity contribution in [2.45, 2.75) is 25.6 Å². The molecular weight excluding hydrogens is 249 g/mol. The van der Waals surface area contributed by atoms with Gasteiger partial charge >= 0.3 is 6.18 Å². The Bertz CT molecular complexity index is 367. The Hall–Kier alpha value is -1.06. The van der Waals surface area contributed by atoms with Crippen molar-refractivity contribution in [3.05, 3.63) is 22.4 Å². The second-order valence-corrected chi connectivity index (χ2v) is 4.65. The Balaban J connectivity index is 2.37. The van der Waals surface area contributed by atoms with E-state index < -0.39 is 12.1 Å². The summed E-state index contributed by atoms with van der Waals surface area (Å²) in [5, 5.41) is 15.1. The van der Waals surface area contributed by atoms with Gasteiger partial charge in [-0.1, -0.05) is 0 Å². The van der Waals surface area contributed by atoms with Crippen LogP contribution in [-0.2, 0) is 6.42 Å². The van der Waals surface area contributed by atoms with Crippen LogP contribution in [0.2, 0.25) is 0 Å². The maximum atomic E-state index is 12.3. The molecule has 1 aromatic rings.